The van der Waals surface area contributed by atoms with Crippen molar-refractivity contribution >= 4 is 17.9 Å². The van der Waals surface area contributed by atoms with Gasteiger partial charge in [-0.2, -0.15) is 0 Å². The van der Waals surface area contributed by atoms with Crippen molar-refractivity contribution in [2.45, 2.75) is 142 Å². The molecule has 0 saturated carbocycles. The number of pyridine rings is 1. The molecule has 1 heterocycles. The molecule has 0 aliphatic heterocycles. The molecule has 0 amide bonds. The fourth-order valence-electron chi connectivity index (χ4n) is 3.94. The Morgan fingerprint density at radius 1 is 0.738 bits per heavy atom. The van der Waals surface area contributed by atoms with Gasteiger partial charge in [0.1, 0.15) is 41.5 Å². The lowest BCUT2D eigenvalue weighted by Gasteiger charge is -2.23. The van der Waals surface area contributed by atoms with Crippen molar-refractivity contribution in [1.82, 2.24) is 0 Å². The highest BCUT2D eigenvalue weighted by Gasteiger charge is 2.28. The van der Waals surface area contributed by atoms with E-state index < -0.39 is 52.8 Å². The van der Waals surface area contributed by atoms with Crippen LogP contribution >= 0.6 is 0 Å². The lowest BCUT2D eigenvalue weighted by Crippen LogP contribution is -3.00. The monoisotopic (exact) mass is 616 g/mol. The Kier molecular flexibility index (Phi) is 15.4. The van der Waals surface area contributed by atoms with Gasteiger partial charge in [-0.05, 0) is 88.0 Å². The third-order valence-corrected chi connectivity index (χ3v) is 5.77. The van der Waals surface area contributed by atoms with Gasteiger partial charge >= 0.3 is 17.9 Å². The molecule has 7 N–H and O–H groups in total. The first-order valence-electron chi connectivity index (χ1n) is 14.3. The Morgan fingerprint density at radius 3 is 1.62 bits per heavy atom. The fourth-order valence-corrected chi connectivity index (χ4v) is 3.94. The lowest BCUT2D eigenvalue weighted by molar-refractivity contribution is -0.698. The van der Waals surface area contributed by atoms with Gasteiger partial charge in [0.2, 0.25) is 6.20 Å². The number of carbonyl (C=O) groups is 3. The summed E-state index contributed by atoms with van der Waals surface area (Å²) in [5.74, 6) is -1.56. The second-order valence-electron chi connectivity index (χ2n) is 13.5. The highest BCUT2D eigenvalue weighted by atomic mass is 35.5. The summed E-state index contributed by atoms with van der Waals surface area (Å²) in [6, 6.07) is -2.58. The zero-order valence-electron chi connectivity index (χ0n) is 26.8. The van der Waals surface area contributed by atoms with Gasteiger partial charge in [-0.3, -0.25) is 14.4 Å². The summed E-state index contributed by atoms with van der Waals surface area (Å²) >= 11 is 0. The minimum atomic E-state index is -0.997. The first-order chi connectivity index (χ1) is 18.6. The second-order valence-corrected chi connectivity index (χ2v) is 13.5. The normalized spacial score (nSPS) is 14.3. The molecular weight excluding hydrogens is 564 g/mol. The number of ether oxygens (including phenoxy) is 3. The van der Waals surface area contributed by atoms with E-state index in [1.165, 1.54) is 0 Å². The van der Waals surface area contributed by atoms with Crippen LogP contribution in [0.2, 0.25) is 0 Å². The summed E-state index contributed by atoms with van der Waals surface area (Å²) in [7, 11) is 0. The molecule has 42 heavy (non-hydrogen) atoms. The maximum atomic E-state index is 12.5. The zero-order chi connectivity index (χ0) is 31.8. The summed E-state index contributed by atoms with van der Waals surface area (Å²) in [4.78, 5) is 37.1. The highest BCUT2D eigenvalue weighted by Crippen LogP contribution is 2.24. The fraction of sp³-hybridized carbons (Fsp3) is 0.733. The van der Waals surface area contributed by atoms with E-state index in [2.05, 4.69) is 0 Å². The van der Waals surface area contributed by atoms with Crippen molar-refractivity contribution in [3.8, 4) is 5.75 Å². The van der Waals surface area contributed by atoms with Crippen LogP contribution in [0.5, 0.6) is 5.75 Å². The van der Waals surface area contributed by atoms with Crippen LogP contribution in [0.15, 0.2) is 12.4 Å². The predicted octanol–water partition coefficient (Wildman–Crippen LogP) is -0.664. The van der Waals surface area contributed by atoms with Crippen LogP contribution in [0.4, 0.5) is 0 Å². The Balaban J connectivity index is 0.0000168. The number of aromatic nitrogens is 1. The molecule has 1 rings (SSSR count). The maximum Gasteiger partial charge on any atom is 0.323 e. The number of nitrogens with zero attached hydrogens (tertiary/aromatic N) is 1. The molecule has 0 spiro atoms. The van der Waals surface area contributed by atoms with Crippen LogP contribution in [-0.2, 0) is 48.0 Å². The maximum absolute atomic E-state index is 12.5. The molecule has 1 aromatic rings. The van der Waals surface area contributed by atoms with Crippen molar-refractivity contribution in [1.29, 1.82) is 0 Å². The molecule has 0 fully saturated rings. The van der Waals surface area contributed by atoms with Gasteiger partial charge in [-0.1, -0.05) is 0 Å². The van der Waals surface area contributed by atoms with Crippen molar-refractivity contribution < 1.29 is 50.7 Å². The van der Waals surface area contributed by atoms with Gasteiger partial charge in [0.05, 0.1) is 0 Å². The van der Waals surface area contributed by atoms with Gasteiger partial charge < -0.3 is 48.9 Å². The first kappa shape index (κ1) is 39.5. The summed E-state index contributed by atoms with van der Waals surface area (Å²) in [5, 5.41) is 11.0. The highest BCUT2D eigenvalue weighted by molar-refractivity contribution is 5.77. The second kappa shape index (κ2) is 16.4. The van der Waals surface area contributed by atoms with Crippen LogP contribution in [0.1, 0.15) is 99.1 Å². The number of aromatic hydroxyl groups is 1. The first-order valence-corrected chi connectivity index (χ1v) is 14.3. The van der Waals surface area contributed by atoms with E-state index in [0.29, 0.717) is 43.4 Å². The van der Waals surface area contributed by atoms with E-state index in [0.717, 1.165) is 0 Å². The Hall–Kier alpha value is -2.47. The van der Waals surface area contributed by atoms with Gasteiger partial charge in [0.15, 0.2) is 11.9 Å². The molecule has 3 atom stereocenters. The van der Waals surface area contributed by atoms with Crippen molar-refractivity contribution in [2.75, 3.05) is 0 Å². The molecule has 1 aromatic heterocycles. The zero-order valence-corrected chi connectivity index (χ0v) is 27.5. The molecule has 242 valence electrons. The number of nitrogens with two attached hydrogens (primary N) is 3. The quantitative estimate of drug-likeness (QED) is 0.0961. The van der Waals surface area contributed by atoms with Crippen LogP contribution in [-0.4, -0.2) is 57.9 Å². The SMILES string of the molecule is CC(C)(C)OC(=O)[C@@H](N)CCCC[n+]1cc(O)c(C[C@H](N)C(=O)OC(C)(C)C)c(CC[C@H](N)C(=O)OC(C)(C)C)c1.[Cl-]. The Labute approximate surface area is 257 Å². The van der Waals surface area contributed by atoms with Gasteiger partial charge in [0.25, 0.3) is 0 Å². The Bertz CT molecular complexity index is 1050. The van der Waals surface area contributed by atoms with Crippen molar-refractivity contribution in [2.24, 2.45) is 17.2 Å². The topological polar surface area (TPSA) is 181 Å². The number of carbonyl (C=O) groups excluding carboxylic acids is 3. The summed E-state index contributed by atoms with van der Waals surface area (Å²) in [5.41, 5.74) is 17.5. The number of unbranched alkanes of at least 4 members (excludes halogenated alkanes) is 1. The van der Waals surface area contributed by atoms with Crippen LogP contribution < -0.4 is 34.2 Å². The molecule has 0 aromatic carbocycles. The standard InChI is InChI=1S/C30H52N4O7.ClH/c1-28(2,3)39-25(36)21(31)12-10-11-15-34-17-19(13-14-22(32)26(37)40-29(4,5)6)20(24(35)18-34)16-23(33)27(38)41-30(7,8)9;/h17-18,21-23H,10-16,31-33H2,1-9H3;1H/t21-,22-,23-;/m0./s1. The van der Waals surface area contributed by atoms with Crippen LogP contribution in [0, 0.1) is 0 Å². The smallest absolute Gasteiger partial charge is 0.323 e. The molecule has 0 aliphatic carbocycles. The van der Waals surface area contributed by atoms with Gasteiger partial charge in [-0.15, -0.1) is 0 Å². The van der Waals surface area contributed by atoms with E-state index in [-0.39, 0.29) is 31.0 Å². The predicted molar refractivity (Wildman–Crippen MR) is 156 cm³/mol. The van der Waals surface area contributed by atoms with Crippen LogP contribution in [0.25, 0.3) is 0 Å². The van der Waals surface area contributed by atoms with Crippen molar-refractivity contribution in [3.05, 3.63) is 23.5 Å². The van der Waals surface area contributed by atoms with E-state index >= 15 is 0 Å². The minimum absolute atomic E-state index is 0. The van der Waals surface area contributed by atoms with E-state index in [1.807, 2.05) is 10.8 Å². The molecule has 0 aliphatic rings. The number of aryl methyl sites for hydroxylation is 2. The van der Waals surface area contributed by atoms with Gasteiger partial charge in [0, 0.05) is 24.0 Å². The number of halogens is 1. The molecule has 12 heteroatoms. The molecular formula is C30H53ClN4O7. The third-order valence-electron chi connectivity index (χ3n) is 5.77. The molecule has 0 radical (unpaired) electrons. The number of esters is 3. The average Bonchev–Trinajstić information content (AvgIpc) is 2.78. The third kappa shape index (κ3) is 15.7. The molecule has 11 nitrogen and oxygen atoms in total. The van der Waals surface area contributed by atoms with Gasteiger partial charge in [-0.25, -0.2) is 4.57 Å². The minimum Gasteiger partial charge on any atom is -1.00 e. The lowest BCUT2D eigenvalue weighted by atomic mass is 9.96. The molecule has 0 bridgehead atoms. The largest absolute Gasteiger partial charge is 1.00 e. The number of rotatable bonds is 13. The van der Waals surface area contributed by atoms with Crippen molar-refractivity contribution in [3.63, 3.8) is 0 Å². The molecule has 0 saturated heterocycles. The number of hydrogen-bond donors (Lipinski definition) is 4. The summed E-state index contributed by atoms with van der Waals surface area (Å²) < 4.78 is 18.0. The Morgan fingerprint density at radius 2 is 1.17 bits per heavy atom. The van der Waals surface area contributed by atoms with E-state index in [4.69, 9.17) is 31.4 Å². The number of hydrogen-bond acceptors (Lipinski definition) is 10. The summed E-state index contributed by atoms with van der Waals surface area (Å²) in [6.45, 7) is 16.5. The molecule has 0 unspecified atom stereocenters. The van der Waals surface area contributed by atoms with E-state index in [9.17, 15) is 19.5 Å². The summed E-state index contributed by atoms with van der Waals surface area (Å²) in [6.07, 6.45) is 5.89. The van der Waals surface area contributed by atoms with E-state index in [1.54, 1.807) is 68.5 Å². The van der Waals surface area contributed by atoms with Crippen LogP contribution in [0.3, 0.4) is 0 Å². The average molecular weight is 617 g/mol.